The molecule has 0 atom stereocenters. The first-order valence-corrected chi connectivity index (χ1v) is 4.47. The molecule has 0 N–H and O–H groups in total. The van der Waals surface area contributed by atoms with Gasteiger partial charge in [0.05, 0.1) is 0 Å². The Bertz CT molecular complexity index is 76.6. The van der Waals surface area contributed by atoms with Crippen molar-refractivity contribution in [1.82, 2.24) is 0 Å². The highest BCUT2D eigenvalue weighted by Crippen LogP contribution is 2.15. The highest BCUT2D eigenvalue weighted by atomic mass is 79.9. The molecule has 0 fully saturated rings. The summed E-state index contributed by atoms with van der Waals surface area (Å²) in [6, 6.07) is 0. The second-order valence-corrected chi connectivity index (χ2v) is 3.14. The second kappa shape index (κ2) is 5.83. The minimum atomic E-state index is 1.15. The third-order valence-corrected chi connectivity index (χ3v) is 2.68. The molecule has 0 aliphatic carbocycles. The Hall–Kier alpha value is 0.700. The summed E-state index contributed by atoms with van der Waals surface area (Å²) in [4.78, 5) is 1.92. The molecule has 0 unspecified atom stereocenters. The van der Waals surface area contributed by atoms with E-state index in [1.807, 2.05) is 4.99 Å². The van der Waals surface area contributed by atoms with Gasteiger partial charge in [-0.05, 0) is 17.8 Å². The third kappa shape index (κ3) is 4.85. The fraction of sp³-hybridized carbons (Fsp3) is 0.667. The Morgan fingerprint density at radius 2 is 2.25 bits per heavy atom. The van der Waals surface area contributed by atoms with Gasteiger partial charge in [-0.15, -0.1) is 0 Å². The zero-order valence-corrected chi connectivity index (χ0v) is 8.13. The lowest BCUT2D eigenvalue weighted by Crippen LogP contribution is -1.69. The van der Waals surface area contributed by atoms with Gasteiger partial charge in [-0.3, -0.25) is 0 Å². The maximum absolute atomic E-state index is 3.39. The third-order valence-electron chi connectivity index (χ3n) is 0.888. The Morgan fingerprint density at radius 3 is 2.62 bits per heavy atom. The molecule has 0 bridgehead atoms. The van der Waals surface area contributed by atoms with Gasteiger partial charge in [-0.2, -0.15) is 0 Å². The van der Waals surface area contributed by atoms with Crippen LogP contribution in [0.5, 0.6) is 0 Å². The van der Waals surface area contributed by atoms with E-state index in [-0.39, 0.29) is 0 Å². The van der Waals surface area contributed by atoms with Gasteiger partial charge < -0.3 is 0 Å². The molecule has 0 aromatic rings. The van der Waals surface area contributed by atoms with Crippen molar-refractivity contribution in [2.75, 3.05) is 0 Å². The molecule has 0 nitrogen and oxygen atoms in total. The lowest BCUT2D eigenvalue weighted by atomic mass is 10.2. The van der Waals surface area contributed by atoms with Gasteiger partial charge in [0.25, 0.3) is 0 Å². The predicted octanol–water partition coefficient (Wildman–Crippen LogP) is 3.81. The Morgan fingerprint density at radius 1 is 1.62 bits per heavy atom. The van der Waals surface area contributed by atoms with Crippen molar-refractivity contribution in [2.24, 2.45) is 0 Å². The number of halogens is 2. The van der Waals surface area contributed by atoms with Crippen LogP contribution in [0.25, 0.3) is 0 Å². The number of hydrogen-bond donors (Lipinski definition) is 0. The van der Waals surface area contributed by atoms with Crippen LogP contribution >= 0.6 is 31.9 Å². The number of unbranched alkanes of at least 4 members (excludes halogenated alkanes) is 1. The number of rotatable bonds is 3. The Kier molecular flexibility index (Phi) is 6.34. The molecule has 0 heterocycles. The molecule has 8 heavy (non-hydrogen) atoms. The first-order valence-electron chi connectivity index (χ1n) is 2.76. The first kappa shape index (κ1) is 8.70. The minimum absolute atomic E-state index is 1.15. The van der Waals surface area contributed by atoms with Crippen molar-refractivity contribution in [3.63, 3.8) is 0 Å². The van der Waals surface area contributed by atoms with Gasteiger partial charge in [-0.1, -0.05) is 45.2 Å². The van der Waals surface area contributed by atoms with Gasteiger partial charge in [0.1, 0.15) is 0 Å². The van der Waals surface area contributed by atoms with E-state index in [9.17, 15) is 0 Å². The lowest BCUT2D eigenvalue weighted by Gasteiger charge is -1.91. The molecular weight excluding hydrogens is 232 g/mol. The molecule has 0 amide bonds. The van der Waals surface area contributed by atoms with E-state index in [2.05, 4.69) is 38.8 Å². The van der Waals surface area contributed by atoms with E-state index in [1.165, 1.54) is 17.3 Å². The van der Waals surface area contributed by atoms with E-state index in [0.29, 0.717) is 0 Å². The quantitative estimate of drug-likeness (QED) is 0.705. The maximum atomic E-state index is 3.39. The zero-order valence-electron chi connectivity index (χ0n) is 4.95. The van der Waals surface area contributed by atoms with Gasteiger partial charge in [0, 0.05) is 4.48 Å². The van der Waals surface area contributed by atoms with Crippen LogP contribution in [0.1, 0.15) is 26.2 Å². The SMILES string of the molecule is CCCCC(Br)=CBr. The largest absolute Gasteiger partial charge is 0.0654 e. The first-order chi connectivity index (χ1) is 3.81. The van der Waals surface area contributed by atoms with Gasteiger partial charge in [-0.25, -0.2) is 0 Å². The summed E-state index contributed by atoms with van der Waals surface area (Å²) in [5.74, 6) is 0. The van der Waals surface area contributed by atoms with Crippen molar-refractivity contribution in [3.8, 4) is 0 Å². The van der Waals surface area contributed by atoms with Crippen LogP contribution in [0.15, 0.2) is 9.47 Å². The summed E-state index contributed by atoms with van der Waals surface area (Å²) in [5.41, 5.74) is 0. The van der Waals surface area contributed by atoms with E-state index in [0.717, 1.165) is 6.42 Å². The molecule has 0 radical (unpaired) electrons. The van der Waals surface area contributed by atoms with E-state index < -0.39 is 0 Å². The van der Waals surface area contributed by atoms with Crippen LogP contribution < -0.4 is 0 Å². The summed E-state index contributed by atoms with van der Waals surface area (Å²) >= 11 is 6.63. The van der Waals surface area contributed by atoms with Crippen LogP contribution in [0.4, 0.5) is 0 Å². The molecular formula is C6H10Br2. The average Bonchev–Trinajstić information content (AvgIpc) is 1.83. The highest BCUT2D eigenvalue weighted by molar-refractivity contribution is 9.14. The molecule has 2 heteroatoms. The maximum Gasteiger partial charge on any atom is 0.00197 e. The number of allylic oxidation sites excluding steroid dienone is 1. The summed E-state index contributed by atoms with van der Waals surface area (Å²) < 4.78 is 1.25. The predicted molar refractivity (Wildman–Crippen MR) is 45.5 cm³/mol. The van der Waals surface area contributed by atoms with Gasteiger partial charge in [0.15, 0.2) is 0 Å². The van der Waals surface area contributed by atoms with Crippen molar-refractivity contribution in [3.05, 3.63) is 9.47 Å². The molecule has 0 aliphatic heterocycles. The Balaban J connectivity index is 3.12. The van der Waals surface area contributed by atoms with Crippen LogP contribution in [0.2, 0.25) is 0 Å². The van der Waals surface area contributed by atoms with Crippen molar-refractivity contribution >= 4 is 31.9 Å². The molecule has 0 aromatic carbocycles. The standard InChI is InChI=1S/C6H10Br2/c1-2-3-4-6(8)5-7/h5H,2-4H2,1H3. The van der Waals surface area contributed by atoms with Crippen LogP contribution in [-0.4, -0.2) is 0 Å². The summed E-state index contributed by atoms with van der Waals surface area (Å²) in [7, 11) is 0. The van der Waals surface area contributed by atoms with Gasteiger partial charge in [0.2, 0.25) is 0 Å². The van der Waals surface area contributed by atoms with Crippen LogP contribution in [-0.2, 0) is 0 Å². The smallest absolute Gasteiger partial charge is 0.00197 e. The highest BCUT2D eigenvalue weighted by Gasteiger charge is 1.86. The van der Waals surface area contributed by atoms with Crippen LogP contribution in [0, 0.1) is 0 Å². The van der Waals surface area contributed by atoms with E-state index in [1.54, 1.807) is 0 Å². The lowest BCUT2D eigenvalue weighted by molar-refractivity contribution is 0.811. The minimum Gasteiger partial charge on any atom is -0.0654 e. The zero-order chi connectivity index (χ0) is 6.41. The molecule has 0 aliphatic rings. The van der Waals surface area contributed by atoms with Crippen molar-refractivity contribution in [1.29, 1.82) is 0 Å². The van der Waals surface area contributed by atoms with Gasteiger partial charge >= 0.3 is 0 Å². The molecule has 48 valence electrons. The average molecular weight is 242 g/mol. The molecule has 0 spiro atoms. The monoisotopic (exact) mass is 240 g/mol. The van der Waals surface area contributed by atoms with E-state index >= 15 is 0 Å². The normalized spacial score (nSPS) is 12.1. The van der Waals surface area contributed by atoms with Crippen LogP contribution in [0.3, 0.4) is 0 Å². The topological polar surface area (TPSA) is 0 Å². The molecule has 0 aromatic heterocycles. The van der Waals surface area contributed by atoms with Crippen molar-refractivity contribution in [2.45, 2.75) is 26.2 Å². The van der Waals surface area contributed by atoms with E-state index in [4.69, 9.17) is 0 Å². The fourth-order valence-corrected chi connectivity index (χ4v) is 0.909. The number of hydrogen-bond acceptors (Lipinski definition) is 0. The van der Waals surface area contributed by atoms with Crippen molar-refractivity contribution < 1.29 is 0 Å². The molecule has 0 saturated heterocycles. The Labute approximate surface area is 67.6 Å². The second-order valence-electron chi connectivity index (χ2n) is 1.66. The summed E-state index contributed by atoms with van der Waals surface area (Å²) in [5, 5.41) is 0. The summed E-state index contributed by atoms with van der Waals surface area (Å²) in [6.07, 6.45) is 3.68. The fourth-order valence-electron chi connectivity index (χ4n) is 0.400. The molecule has 0 saturated carbocycles. The summed E-state index contributed by atoms with van der Waals surface area (Å²) in [6.45, 7) is 2.19. The molecule has 0 rings (SSSR count).